The fourth-order valence-corrected chi connectivity index (χ4v) is 3.97. The van der Waals surface area contributed by atoms with Crippen molar-refractivity contribution in [3.63, 3.8) is 0 Å². The van der Waals surface area contributed by atoms with Gasteiger partial charge in [-0.15, -0.1) is 0 Å². The van der Waals surface area contributed by atoms with Gasteiger partial charge in [0.2, 0.25) is 0 Å². The molecule has 2 fully saturated rings. The summed E-state index contributed by atoms with van der Waals surface area (Å²) in [5, 5.41) is 9.99. The van der Waals surface area contributed by atoms with Crippen LogP contribution >= 0.6 is 0 Å². The summed E-state index contributed by atoms with van der Waals surface area (Å²) in [5.41, 5.74) is -0.144. The van der Waals surface area contributed by atoms with Crippen LogP contribution in [0.4, 0.5) is 0 Å². The summed E-state index contributed by atoms with van der Waals surface area (Å²) in [7, 11) is 0. The Morgan fingerprint density at radius 3 is 3.00 bits per heavy atom. The highest BCUT2D eigenvalue weighted by atomic mass is 16.4. The van der Waals surface area contributed by atoms with Crippen molar-refractivity contribution in [2.75, 3.05) is 26.2 Å². The third kappa shape index (κ3) is 2.34. The molecular formula is C16H23N3O2. The molecule has 2 aliphatic rings. The van der Waals surface area contributed by atoms with Crippen LogP contribution in [0.5, 0.6) is 0 Å². The lowest BCUT2D eigenvalue weighted by Crippen LogP contribution is -2.60. The standard InChI is InChI=1S/C16H23N3O2/c1-2-16(15(20)21,13-5-3-7-17-11-13)19-10-9-18-8-4-6-14(18)12-19/h3,5,7,11,14H,2,4,6,8-10,12H2,1H3,(H,20,21)/t14-,16?/m0/s1. The summed E-state index contributed by atoms with van der Waals surface area (Å²) in [6.45, 7) is 5.75. The van der Waals surface area contributed by atoms with Crippen LogP contribution in [0, 0.1) is 0 Å². The molecule has 0 aliphatic carbocycles. The van der Waals surface area contributed by atoms with Gasteiger partial charge < -0.3 is 5.11 Å². The van der Waals surface area contributed by atoms with E-state index in [4.69, 9.17) is 0 Å². The number of aliphatic carboxylic acids is 1. The minimum atomic E-state index is -0.942. The summed E-state index contributed by atoms with van der Waals surface area (Å²) in [6.07, 6.45) is 6.38. The lowest BCUT2D eigenvalue weighted by molar-refractivity contribution is -0.155. The number of hydrogen-bond acceptors (Lipinski definition) is 4. The van der Waals surface area contributed by atoms with Crippen LogP contribution in [0.25, 0.3) is 0 Å². The monoisotopic (exact) mass is 289 g/mol. The molecule has 1 aromatic rings. The Hall–Kier alpha value is -1.46. The highest BCUT2D eigenvalue weighted by Crippen LogP contribution is 2.35. The third-order valence-corrected chi connectivity index (χ3v) is 5.13. The van der Waals surface area contributed by atoms with E-state index in [1.807, 2.05) is 19.1 Å². The predicted molar refractivity (Wildman–Crippen MR) is 80.0 cm³/mol. The topological polar surface area (TPSA) is 56.7 Å². The second-order valence-electron chi connectivity index (χ2n) is 6.04. The van der Waals surface area contributed by atoms with Crippen molar-refractivity contribution in [1.82, 2.24) is 14.8 Å². The fraction of sp³-hybridized carbons (Fsp3) is 0.625. The molecule has 0 bridgehead atoms. The number of rotatable bonds is 4. The van der Waals surface area contributed by atoms with E-state index in [0.29, 0.717) is 12.5 Å². The minimum absolute atomic E-state index is 0.515. The number of carbonyl (C=O) groups is 1. The van der Waals surface area contributed by atoms with Crippen molar-refractivity contribution in [2.45, 2.75) is 37.8 Å². The van der Waals surface area contributed by atoms with Gasteiger partial charge in [0.1, 0.15) is 5.54 Å². The van der Waals surface area contributed by atoms with Crippen molar-refractivity contribution in [3.05, 3.63) is 30.1 Å². The van der Waals surface area contributed by atoms with E-state index in [9.17, 15) is 9.90 Å². The largest absolute Gasteiger partial charge is 0.480 e. The second kappa shape index (κ2) is 5.73. The van der Waals surface area contributed by atoms with Gasteiger partial charge in [-0.1, -0.05) is 13.0 Å². The fourth-order valence-electron chi connectivity index (χ4n) is 3.97. The maximum absolute atomic E-state index is 12.2. The quantitative estimate of drug-likeness (QED) is 0.911. The van der Waals surface area contributed by atoms with Gasteiger partial charge in [-0.2, -0.15) is 0 Å². The molecule has 5 heteroatoms. The van der Waals surface area contributed by atoms with Gasteiger partial charge in [0.05, 0.1) is 0 Å². The molecule has 2 atom stereocenters. The average molecular weight is 289 g/mol. The maximum atomic E-state index is 12.2. The van der Waals surface area contributed by atoms with Crippen LogP contribution in [0.3, 0.4) is 0 Å². The first-order chi connectivity index (χ1) is 10.2. The molecule has 3 rings (SSSR count). The molecular weight excluding hydrogens is 266 g/mol. The summed E-state index contributed by atoms with van der Waals surface area (Å²) in [6, 6.07) is 4.24. The molecule has 1 unspecified atom stereocenters. The van der Waals surface area contributed by atoms with E-state index in [1.54, 1.807) is 12.4 Å². The van der Waals surface area contributed by atoms with E-state index in [-0.39, 0.29) is 0 Å². The molecule has 3 heterocycles. The number of hydrogen-bond donors (Lipinski definition) is 1. The Kier molecular flexibility index (Phi) is 3.95. The number of pyridine rings is 1. The van der Waals surface area contributed by atoms with Crippen molar-refractivity contribution >= 4 is 5.97 Å². The third-order valence-electron chi connectivity index (χ3n) is 5.13. The van der Waals surface area contributed by atoms with E-state index in [0.717, 1.165) is 31.7 Å². The Morgan fingerprint density at radius 2 is 2.33 bits per heavy atom. The van der Waals surface area contributed by atoms with Crippen molar-refractivity contribution < 1.29 is 9.90 Å². The molecule has 5 nitrogen and oxygen atoms in total. The van der Waals surface area contributed by atoms with Crippen molar-refractivity contribution in [3.8, 4) is 0 Å². The SMILES string of the molecule is CCC(C(=O)O)(c1cccnc1)N1CCN2CCC[C@H]2C1. The molecule has 0 saturated carbocycles. The van der Waals surface area contributed by atoms with Gasteiger partial charge >= 0.3 is 5.97 Å². The number of aromatic nitrogens is 1. The lowest BCUT2D eigenvalue weighted by atomic mass is 9.85. The zero-order chi connectivity index (χ0) is 14.9. The van der Waals surface area contributed by atoms with Crippen molar-refractivity contribution in [2.24, 2.45) is 0 Å². The molecule has 0 aromatic carbocycles. The molecule has 114 valence electrons. The first kappa shape index (κ1) is 14.5. The molecule has 2 saturated heterocycles. The number of carboxylic acid groups (broad SMARTS) is 1. The Morgan fingerprint density at radius 1 is 1.48 bits per heavy atom. The zero-order valence-corrected chi connectivity index (χ0v) is 12.5. The Labute approximate surface area is 125 Å². The second-order valence-corrected chi connectivity index (χ2v) is 6.04. The summed E-state index contributed by atoms with van der Waals surface area (Å²) in [5.74, 6) is -0.760. The highest BCUT2D eigenvalue weighted by Gasteiger charge is 2.47. The van der Waals surface area contributed by atoms with Gasteiger partial charge in [-0.25, -0.2) is 4.79 Å². The number of nitrogens with zero attached hydrogens (tertiary/aromatic N) is 3. The normalized spacial score (nSPS) is 26.2. The molecule has 0 radical (unpaired) electrons. The molecule has 21 heavy (non-hydrogen) atoms. The number of carboxylic acids is 1. The van der Waals surface area contributed by atoms with Crippen LogP contribution in [-0.4, -0.2) is 58.1 Å². The maximum Gasteiger partial charge on any atom is 0.328 e. The molecule has 0 spiro atoms. The van der Waals surface area contributed by atoms with Gasteiger partial charge in [0.25, 0.3) is 0 Å². The Bertz CT molecular complexity index is 508. The van der Waals surface area contributed by atoms with Gasteiger partial charge in [0, 0.05) is 43.6 Å². The zero-order valence-electron chi connectivity index (χ0n) is 12.5. The highest BCUT2D eigenvalue weighted by molar-refractivity contribution is 5.80. The van der Waals surface area contributed by atoms with E-state index < -0.39 is 11.5 Å². The van der Waals surface area contributed by atoms with Gasteiger partial charge in [-0.3, -0.25) is 14.8 Å². The van der Waals surface area contributed by atoms with Crippen LogP contribution in [-0.2, 0) is 10.3 Å². The summed E-state index contributed by atoms with van der Waals surface area (Å²) >= 11 is 0. The molecule has 0 amide bonds. The number of fused-ring (bicyclic) bond motifs is 1. The summed E-state index contributed by atoms with van der Waals surface area (Å²) < 4.78 is 0. The van der Waals surface area contributed by atoms with Crippen molar-refractivity contribution in [1.29, 1.82) is 0 Å². The average Bonchev–Trinajstić information content (AvgIpc) is 2.97. The Balaban J connectivity index is 1.94. The van der Waals surface area contributed by atoms with Gasteiger partial charge in [0.15, 0.2) is 0 Å². The lowest BCUT2D eigenvalue weighted by Gasteiger charge is -2.46. The van der Waals surface area contributed by atoms with E-state index in [1.165, 1.54) is 12.8 Å². The first-order valence-corrected chi connectivity index (χ1v) is 7.81. The van der Waals surface area contributed by atoms with Crippen LogP contribution in [0.2, 0.25) is 0 Å². The first-order valence-electron chi connectivity index (χ1n) is 7.81. The van der Waals surface area contributed by atoms with Crippen LogP contribution in [0.1, 0.15) is 31.7 Å². The van der Waals surface area contributed by atoms with Gasteiger partial charge in [-0.05, 0) is 31.9 Å². The molecule has 2 aliphatic heterocycles. The van der Waals surface area contributed by atoms with Crippen LogP contribution in [0.15, 0.2) is 24.5 Å². The summed E-state index contributed by atoms with van der Waals surface area (Å²) in [4.78, 5) is 21.0. The molecule has 1 N–H and O–H groups in total. The predicted octanol–water partition coefficient (Wildman–Crippen LogP) is 1.55. The molecule has 1 aromatic heterocycles. The van der Waals surface area contributed by atoms with E-state index in [2.05, 4.69) is 14.8 Å². The number of piperazine rings is 1. The smallest absolute Gasteiger partial charge is 0.328 e. The van der Waals surface area contributed by atoms with Crippen LogP contribution < -0.4 is 0 Å². The van der Waals surface area contributed by atoms with E-state index >= 15 is 0 Å². The minimum Gasteiger partial charge on any atom is -0.480 e.